The van der Waals surface area contributed by atoms with Crippen LogP contribution in [-0.2, 0) is 11.3 Å². The fraction of sp³-hybridized carbons (Fsp3) is 0.312. The maximum atomic E-state index is 14.2. The van der Waals surface area contributed by atoms with E-state index in [1.165, 1.54) is 6.07 Å². The van der Waals surface area contributed by atoms with Crippen molar-refractivity contribution in [1.82, 2.24) is 20.1 Å². The monoisotopic (exact) mass is 300 g/mol. The number of hydrogen-bond donors (Lipinski definition) is 2. The first-order chi connectivity index (χ1) is 10.8. The summed E-state index contributed by atoms with van der Waals surface area (Å²) in [6.45, 7) is 2.73. The van der Waals surface area contributed by atoms with Crippen molar-refractivity contribution < 1.29 is 9.13 Å². The smallest absolute Gasteiger partial charge is 0.128 e. The Labute approximate surface area is 127 Å². The molecule has 22 heavy (non-hydrogen) atoms. The van der Waals surface area contributed by atoms with Crippen molar-refractivity contribution in [3.8, 4) is 0 Å². The van der Waals surface area contributed by atoms with E-state index in [0.717, 1.165) is 35.2 Å². The van der Waals surface area contributed by atoms with Gasteiger partial charge in [0.2, 0.25) is 0 Å². The van der Waals surface area contributed by atoms with E-state index >= 15 is 0 Å². The van der Waals surface area contributed by atoms with E-state index in [1.54, 1.807) is 12.3 Å². The first kappa shape index (κ1) is 13.5. The Bertz CT molecular complexity index is 768. The van der Waals surface area contributed by atoms with Gasteiger partial charge in [0.1, 0.15) is 11.9 Å². The number of aromatic amines is 2. The molecule has 5 nitrogen and oxygen atoms in total. The summed E-state index contributed by atoms with van der Waals surface area (Å²) in [5.74, 6) is -0.156. The highest BCUT2D eigenvalue weighted by Crippen LogP contribution is 2.25. The molecular weight excluding hydrogens is 283 g/mol. The number of aromatic nitrogens is 3. The number of fused-ring (bicyclic) bond motifs is 1. The summed E-state index contributed by atoms with van der Waals surface area (Å²) in [7, 11) is 0. The van der Waals surface area contributed by atoms with Gasteiger partial charge in [0.05, 0.1) is 12.3 Å². The zero-order valence-electron chi connectivity index (χ0n) is 12.1. The SMILES string of the molecule is Fc1ccc2[nH]ccc2c1CN1CCOC(c2ccn[nH]2)C1. The molecule has 1 aliphatic heterocycles. The van der Waals surface area contributed by atoms with Gasteiger partial charge < -0.3 is 9.72 Å². The molecule has 0 spiro atoms. The topological polar surface area (TPSA) is 56.9 Å². The van der Waals surface area contributed by atoms with E-state index in [-0.39, 0.29) is 11.9 Å². The van der Waals surface area contributed by atoms with Crippen LogP contribution >= 0.6 is 0 Å². The maximum absolute atomic E-state index is 14.2. The zero-order chi connectivity index (χ0) is 14.9. The van der Waals surface area contributed by atoms with Gasteiger partial charge in [-0.2, -0.15) is 5.10 Å². The number of hydrogen-bond acceptors (Lipinski definition) is 3. The molecule has 2 N–H and O–H groups in total. The fourth-order valence-electron chi connectivity index (χ4n) is 3.03. The molecule has 0 amide bonds. The minimum absolute atomic E-state index is 0.0373. The van der Waals surface area contributed by atoms with E-state index in [1.807, 2.05) is 18.3 Å². The molecule has 114 valence electrons. The van der Waals surface area contributed by atoms with Gasteiger partial charge in [0, 0.05) is 48.5 Å². The molecule has 1 aromatic carbocycles. The van der Waals surface area contributed by atoms with Crippen LogP contribution in [0.4, 0.5) is 4.39 Å². The van der Waals surface area contributed by atoms with E-state index in [4.69, 9.17) is 4.74 Å². The summed E-state index contributed by atoms with van der Waals surface area (Å²) in [4.78, 5) is 5.35. The summed E-state index contributed by atoms with van der Waals surface area (Å²) >= 11 is 0. The average Bonchev–Trinajstić information content (AvgIpc) is 3.21. The highest BCUT2D eigenvalue weighted by atomic mass is 19.1. The molecule has 1 unspecified atom stereocenters. The average molecular weight is 300 g/mol. The highest BCUT2D eigenvalue weighted by Gasteiger charge is 2.24. The Morgan fingerprint density at radius 2 is 2.27 bits per heavy atom. The second kappa shape index (κ2) is 5.55. The minimum Gasteiger partial charge on any atom is -0.369 e. The third kappa shape index (κ3) is 2.40. The van der Waals surface area contributed by atoms with Crippen LogP contribution in [0, 0.1) is 5.82 Å². The van der Waals surface area contributed by atoms with Gasteiger partial charge in [-0.15, -0.1) is 0 Å². The fourth-order valence-corrected chi connectivity index (χ4v) is 3.03. The van der Waals surface area contributed by atoms with Gasteiger partial charge in [-0.05, 0) is 24.3 Å². The van der Waals surface area contributed by atoms with Crippen molar-refractivity contribution in [3.05, 3.63) is 53.7 Å². The Morgan fingerprint density at radius 3 is 3.14 bits per heavy atom. The lowest BCUT2D eigenvalue weighted by Gasteiger charge is -2.32. The minimum atomic E-state index is -0.156. The molecule has 4 rings (SSSR count). The largest absolute Gasteiger partial charge is 0.369 e. The molecule has 6 heteroatoms. The Hall–Kier alpha value is -2.18. The Balaban J connectivity index is 1.57. The van der Waals surface area contributed by atoms with Gasteiger partial charge >= 0.3 is 0 Å². The van der Waals surface area contributed by atoms with Gasteiger partial charge in [0.15, 0.2) is 0 Å². The van der Waals surface area contributed by atoms with Crippen LogP contribution in [-0.4, -0.2) is 39.8 Å². The standard InChI is InChI=1S/C16H17FN4O/c17-13-1-2-14-11(3-5-18-14)12(13)9-21-7-8-22-16(10-21)15-4-6-19-20-15/h1-6,16,18H,7-10H2,(H,19,20). The summed E-state index contributed by atoms with van der Waals surface area (Å²) in [5.41, 5.74) is 2.67. The number of ether oxygens (including phenoxy) is 1. The lowest BCUT2D eigenvalue weighted by Crippen LogP contribution is -2.38. The molecule has 1 atom stereocenters. The van der Waals surface area contributed by atoms with Crippen LogP contribution in [0.25, 0.3) is 10.9 Å². The zero-order valence-corrected chi connectivity index (χ0v) is 12.1. The second-order valence-corrected chi connectivity index (χ2v) is 5.57. The molecule has 1 fully saturated rings. The van der Waals surface area contributed by atoms with E-state index in [2.05, 4.69) is 20.1 Å². The van der Waals surface area contributed by atoms with Crippen LogP contribution in [0.2, 0.25) is 0 Å². The summed E-state index contributed by atoms with van der Waals surface area (Å²) in [6.07, 6.45) is 3.53. The first-order valence-corrected chi connectivity index (χ1v) is 7.39. The summed E-state index contributed by atoms with van der Waals surface area (Å²) < 4.78 is 20.0. The van der Waals surface area contributed by atoms with Crippen LogP contribution in [0.5, 0.6) is 0 Å². The van der Waals surface area contributed by atoms with Crippen molar-refractivity contribution in [1.29, 1.82) is 0 Å². The highest BCUT2D eigenvalue weighted by molar-refractivity contribution is 5.83. The van der Waals surface area contributed by atoms with E-state index < -0.39 is 0 Å². The molecule has 0 bridgehead atoms. The molecule has 1 aliphatic rings. The van der Waals surface area contributed by atoms with Crippen LogP contribution in [0.15, 0.2) is 36.7 Å². The predicted molar refractivity (Wildman–Crippen MR) is 80.8 cm³/mol. The molecule has 0 saturated carbocycles. The number of halogens is 1. The van der Waals surface area contributed by atoms with Crippen LogP contribution < -0.4 is 0 Å². The molecule has 0 aliphatic carbocycles. The summed E-state index contributed by atoms with van der Waals surface area (Å²) in [6, 6.07) is 7.16. The third-order valence-corrected chi connectivity index (χ3v) is 4.19. The van der Waals surface area contributed by atoms with Crippen molar-refractivity contribution in [2.24, 2.45) is 0 Å². The number of morpholine rings is 1. The molecule has 2 aromatic heterocycles. The van der Waals surface area contributed by atoms with Crippen molar-refractivity contribution >= 4 is 10.9 Å². The summed E-state index contributed by atoms with van der Waals surface area (Å²) in [5, 5.41) is 7.86. The van der Waals surface area contributed by atoms with Crippen molar-refractivity contribution in [2.75, 3.05) is 19.7 Å². The van der Waals surface area contributed by atoms with Gasteiger partial charge in [-0.3, -0.25) is 10.00 Å². The van der Waals surface area contributed by atoms with Crippen molar-refractivity contribution in [3.63, 3.8) is 0 Å². The number of nitrogens with one attached hydrogen (secondary N) is 2. The molecule has 3 heterocycles. The quantitative estimate of drug-likeness (QED) is 0.782. The number of H-pyrrole nitrogens is 2. The molecule has 0 radical (unpaired) electrons. The molecular formula is C16H17FN4O. The lowest BCUT2D eigenvalue weighted by atomic mass is 10.1. The van der Waals surface area contributed by atoms with Crippen LogP contribution in [0.1, 0.15) is 17.4 Å². The normalized spacial score (nSPS) is 19.8. The van der Waals surface area contributed by atoms with Gasteiger partial charge in [-0.1, -0.05) is 0 Å². The second-order valence-electron chi connectivity index (χ2n) is 5.57. The van der Waals surface area contributed by atoms with Gasteiger partial charge in [0.25, 0.3) is 0 Å². The number of nitrogens with zero attached hydrogens (tertiary/aromatic N) is 2. The number of rotatable bonds is 3. The van der Waals surface area contributed by atoms with E-state index in [0.29, 0.717) is 13.2 Å². The molecule has 1 saturated heterocycles. The third-order valence-electron chi connectivity index (χ3n) is 4.19. The van der Waals surface area contributed by atoms with Crippen molar-refractivity contribution in [2.45, 2.75) is 12.6 Å². The number of benzene rings is 1. The maximum Gasteiger partial charge on any atom is 0.128 e. The predicted octanol–water partition coefficient (Wildman–Crippen LogP) is 2.60. The van der Waals surface area contributed by atoms with Gasteiger partial charge in [-0.25, -0.2) is 4.39 Å². The Kier molecular flexibility index (Phi) is 3.40. The lowest BCUT2D eigenvalue weighted by molar-refractivity contribution is -0.0351. The molecule has 3 aromatic rings. The first-order valence-electron chi connectivity index (χ1n) is 7.39. The Morgan fingerprint density at radius 1 is 1.32 bits per heavy atom. The van der Waals surface area contributed by atoms with E-state index in [9.17, 15) is 4.39 Å². The van der Waals surface area contributed by atoms with Crippen LogP contribution in [0.3, 0.4) is 0 Å².